The summed E-state index contributed by atoms with van der Waals surface area (Å²) in [6.07, 6.45) is 4.19. The Hall–Kier alpha value is -3.37. The van der Waals surface area contributed by atoms with Gasteiger partial charge in [0.25, 0.3) is 0 Å². The van der Waals surface area contributed by atoms with Crippen molar-refractivity contribution in [1.82, 2.24) is 14.9 Å². The number of piperazine rings is 1. The number of anilines is 5. The van der Waals surface area contributed by atoms with Crippen LogP contribution in [0.5, 0.6) is 0 Å². The fraction of sp³-hybridized carbons (Fsp3) is 0.448. The minimum absolute atomic E-state index is 0.137. The average Bonchev–Trinajstić information content (AvgIpc) is 2.93. The molecule has 2 aliphatic heterocycles. The van der Waals surface area contributed by atoms with Crippen LogP contribution in [0.2, 0.25) is 0 Å². The van der Waals surface area contributed by atoms with E-state index in [1.165, 1.54) is 5.69 Å². The number of nitrogens with zero attached hydrogens (tertiary/aromatic N) is 5. The van der Waals surface area contributed by atoms with Crippen LogP contribution < -0.4 is 19.8 Å². The van der Waals surface area contributed by atoms with Gasteiger partial charge in [-0.2, -0.15) is 0 Å². The van der Waals surface area contributed by atoms with Gasteiger partial charge in [0.2, 0.25) is 16.0 Å². The lowest BCUT2D eigenvalue weighted by Gasteiger charge is -2.34. The third-order valence-corrected chi connectivity index (χ3v) is 8.89. The standard InChI is InChI=1S/C29H39N7O2S/c1-4-5-18-39(37,38)33-25-7-6-22(2)28(19-25)36-13-12-27-23(21-36)20-30-29(32-27)31-24-8-10-26(11-9-24)35-16-14-34(3)15-17-35/h6-11,19-20,33H,4-5,12-18,21H2,1-3H3,(H,30,31,32). The highest BCUT2D eigenvalue weighted by molar-refractivity contribution is 7.92. The third-order valence-electron chi connectivity index (χ3n) is 7.52. The van der Waals surface area contributed by atoms with E-state index >= 15 is 0 Å². The summed E-state index contributed by atoms with van der Waals surface area (Å²) in [6, 6.07) is 14.2. The summed E-state index contributed by atoms with van der Waals surface area (Å²) in [5, 5.41) is 3.36. The first-order chi connectivity index (χ1) is 18.8. The molecule has 0 aliphatic carbocycles. The highest BCUT2D eigenvalue weighted by Gasteiger charge is 2.21. The summed E-state index contributed by atoms with van der Waals surface area (Å²) in [6.45, 7) is 9.80. The number of rotatable bonds is 9. The summed E-state index contributed by atoms with van der Waals surface area (Å²) in [5.74, 6) is 0.743. The number of aromatic nitrogens is 2. The Labute approximate surface area is 232 Å². The summed E-state index contributed by atoms with van der Waals surface area (Å²) >= 11 is 0. The van der Waals surface area contributed by atoms with Crippen molar-refractivity contribution >= 4 is 38.7 Å². The maximum atomic E-state index is 12.4. The van der Waals surface area contributed by atoms with E-state index in [-0.39, 0.29) is 5.75 Å². The first kappa shape index (κ1) is 27.2. The molecule has 2 N–H and O–H groups in total. The maximum absolute atomic E-state index is 12.4. The van der Waals surface area contributed by atoms with Crippen molar-refractivity contribution in [2.75, 3.05) is 65.4 Å². The molecule has 0 saturated carbocycles. The van der Waals surface area contributed by atoms with Gasteiger partial charge in [0.05, 0.1) is 17.1 Å². The zero-order valence-electron chi connectivity index (χ0n) is 23.2. The van der Waals surface area contributed by atoms with Crippen LogP contribution in [0.3, 0.4) is 0 Å². The second-order valence-electron chi connectivity index (χ2n) is 10.6. The fourth-order valence-electron chi connectivity index (χ4n) is 5.11. The molecule has 3 aromatic rings. The number of nitrogens with one attached hydrogen (secondary N) is 2. The molecule has 0 radical (unpaired) electrons. The van der Waals surface area contributed by atoms with Crippen molar-refractivity contribution in [3.63, 3.8) is 0 Å². The monoisotopic (exact) mass is 549 g/mol. The van der Waals surface area contributed by atoms with Gasteiger partial charge in [0, 0.05) is 74.5 Å². The van der Waals surface area contributed by atoms with Crippen LogP contribution in [0.25, 0.3) is 0 Å². The molecule has 3 heterocycles. The summed E-state index contributed by atoms with van der Waals surface area (Å²) < 4.78 is 27.6. The van der Waals surface area contributed by atoms with Crippen molar-refractivity contribution in [2.24, 2.45) is 0 Å². The summed E-state index contributed by atoms with van der Waals surface area (Å²) in [7, 11) is -1.18. The van der Waals surface area contributed by atoms with Gasteiger partial charge in [-0.1, -0.05) is 19.4 Å². The molecule has 0 atom stereocenters. The maximum Gasteiger partial charge on any atom is 0.232 e. The van der Waals surface area contributed by atoms with Gasteiger partial charge in [-0.15, -0.1) is 0 Å². The minimum atomic E-state index is -3.35. The molecule has 1 aromatic heterocycles. The van der Waals surface area contributed by atoms with E-state index in [2.05, 4.69) is 68.0 Å². The number of hydrogen-bond acceptors (Lipinski definition) is 8. The molecule has 39 heavy (non-hydrogen) atoms. The Kier molecular flexibility index (Phi) is 8.23. The van der Waals surface area contributed by atoms with Gasteiger partial charge < -0.3 is 20.0 Å². The number of likely N-dealkylation sites (N-methyl/N-ethyl adjacent to an activating group) is 1. The number of unbranched alkanes of at least 4 members (excludes halogenated alkanes) is 1. The lowest BCUT2D eigenvalue weighted by atomic mass is 10.0. The summed E-state index contributed by atoms with van der Waals surface area (Å²) in [5.41, 5.74) is 7.09. The molecular formula is C29H39N7O2S. The molecule has 1 saturated heterocycles. The van der Waals surface area contributed by atoms with E-state index in [1.807, 2.05) is 31.3 Å². The van der Waals surface area contributed by atoms with Gasteiger partial charge in [-0.05, 0) is 62.4 Å². The van der Waals surface area contributed by atoms with Crippen molar-refractivity contribution in [2.45, 2.75) is 39.7 Å². The molecule has 10 heteroatoms. The lowest BCUT2D eigenvalue weighted by molar-refractivity contribution is 0.313. The van der Waals surface area contributed by atoms with Crippen molar-refractivity contribution in [1.29, 1.82) is 0 Å². The number of aryl methyl sites for hydroxylation is 1. The summed E-state index contributed by atoms with van der Waals surface area (Å²) in [4.78, 5) is 16.5. The van der Waals surface area contributed by atoms with Crippen molar-refractivity contribution < 1.29 is 8.42 Å². The van der Waals surface area contributed by atoms with Gasteiger partial charge in [0.1, 0.15) is 0 Å². The van der Waals surface area contributed by atoms with E-state index in [4.69, 9.17) is 4.98 Å². The topological polar surface area (TPSA) is 93.7 Å². The molecule has 208 valence electrons. The molecule has 5 rings (SSSR count). The van der Waals surface area contributed by atoms with E-state index in [0.717, 1.165) is 73.8 Å². The van der Waals surface area contributed by atoms with Gasteiger partial charge in [0.15, 0.2) is 0 Å². The van der Waals surface area contributed by atoms with E-state index in [0.29, 0.717) is 24.6 Å². The Balaban J connectivity index is 1.23. The highest BCUT2D eigenvalue weighted by Crippen LogP contribution is 2.30. The Bertz CT molecular complexity index is 1390. The molecule has 1 fully saturated rings. The van der Waals surface area contributed by atoms with E-state index in [9.17, 15) is 8.42 Å². The Morgan fingerprint density at radius 3 is 2.44 bits per heavy atom. The van der Waals surface area contributed by atoms with Crippen LogP contribution in [0.15, 0.2) is 48.7 Å². The van der Waals surface area contributed by atoms with Crippen molar-refractivity contribution in [3.8, 4) is 0 Å². The fourth-order valence-corrected chi connectivity index (χ4v) is 6.37. The van der Waals surface area contributed by atoms with Gasteiger partial charge in [-0.25, -0.2) is 18.4 Å². The van der Waals surface area contributed by atoms with Gasteiger partial charge in [-0.3, -0.25) is 4.72 Å². The second-order valence-corrected chi connectivity index (χ2v) is 12.4. The molecule has 2 aromatic carbocycles. The highest BCUT2D eigenvalue weighted by atomic mass is 32.2. The van der Waals surface area contributed by atoms with Gasteiger partial charge >= 0.3 is 0 Å². The lowest BCUT2D eigenvalue weighted by Crippen LogP contribution is -2.44. The number of sulfonamides is 1. The molecule has 0 amide bonds. The predicted molar refractivity (Wildman–Crippen MR) is 160 cm³/mol. The van der Waals surface area contributed by atoms with Crippen LogP contribution in [0, 0.1) is 6.92 Å². The second kappa shape index (κ2) is 11.8. The van der Waals surface area contributed by atoms with E-state index in [1.54, 1.807) is 0 Å². The van der Waals surface area contributed by atoms with Crippen LogP contribution in [0.1, 0.15) is 36.6 Å². The smallest absolute Gasteiger partial charge is 0.232 e. The molecule has 0 bridgehead atoms. The zero-order valence-corrected chi connectivity index (χ0v) is 24.0. The molecule has 2 aliphatic rings. The average molecular weight is 550 g/mol. The minimum Gasteiger partial charge on any atom is -0.369 e. The first-order valence-corrected chi connectivity index (χ1v) is 15.5. The first-order valence-electron chi connectivity index (χ1n) is 13.8. The number of hydrogen-bond donors (Lipinski definition) is 2. The van der Waals surface area contributed by atoms with Crippen LogP contribution in [0.4, 0.5) is 28.7 Å². The normalized spacial score (nSPS) is 16.2. The SMILES string of the molecule is CCCCS(=O)(=O)Nc1ccc(C)c(N2CCc3nc(Nc4ccc(N5CCN(C)CC5)cc4)ncc3C2)c1. The molecular weight excluding hydrogens is 510 g/mol. The molecule has 0 unspecified atom stereocenters. The molecule has 0 spiro atoms. The number of fused-ring (bicyclic) bond motifs is 1. The zero-order chi connectivity index (χ0) is 27.4. The van der Waals surface area contributed by atoms with E-state index < -0.39 is 10.0 Å². The Morgan fingerprint density at radius 1 is 0.949 bits per heavy atom. The largest absolute Gasteiger partial charge is 0.369 e. The van der Waals surface area contributed by atoms with Crippen LogP contribution in [-0.2, 0) is 23.0 Å². The third kappa shape index (κ3) is 6.80. The predicted octanol–water partition coefficient (Wildman–Crippen LogP) is 4.38. The quantitative estimate of drug-likeness (QED) is 0.406. The van der Waals surface area contributed by atoms with Crippen molar-refractivity contribution in [3.05, 3.63) is 65.5 Å². The van der Waals surface area contributed by atoms with Crippen LogP contribution >= 0.6 is 0 Å². The van der Waals surface area contributed by atoms with Crippen LogP contribution in [-0.4, -0.2) is 68.8 Å². The number of benzene rings is 2. The molecule has 9 nitrogen and oxygen atoms in total. The Morgan fingerprint density at radius 2 is 1.69 bits per heavy atom.